The first-order chi connectivity index (χ1) is 17.9. The predicted octanol–water partition coefficient (Wildman–Crippen LogP) is 6.51. The molecule has 0 saturated carbocycles. The Morgan fingerprint density at radius 1 is 0.946 bits per heavy atom. The second-order valence-corrected chi connectivity index (χ2v) is 10.5. The van der Waals surface area contributed by atoms with Crippen molar-refractivity contribution in [3.8, 4) is 22.8 Å². The van der Waals surface area contributed by atoms with Crippen LogP contribution in [0.25, 0.3) is 11.3 Å². The Hall–Kier alpha value is -3.82. The first kappa shape index (κ1) is 26.2. The number of thiazole rings is 1. The highest BCUT2D eigenvalue weighted by Gasteiger charge is 2.17. The molecular weight excluding hydrogens is 506 g/mol. The average molecular weight is 534 g/mol. The number of aryl methyl sites for hydroxylation is 1. The van der Waals surface area contributed by atoms with Crippen LogP contribution in [0.15, 0.2) is 77.0 Å². The van der Waals surface area contributed by atoms with Gasteiger partial charge < -0.3 is 20.1 Å². The van der Waals surface area contributed by atoms with E-state index >= 15 is 0 Å². The van der Waals surface area contributed by atoms with Crippen molar-refractivity contribution in [3.63, 3.8) is 0 Å². The SMILES string of the molecule is COc1ccc(-c2csc(NC(=O)C(C)Sc3cccc(NC(=O)c4ccc(C)cc4)c3)n2)cc1OC. The Bertz CT molecular complexity index is 1400. The van der Waals surface area contributed by atoms with Crippen LogP contribution in [-0.2, 0) is 4.79 Å². The van der Waals surface area contributed by atoms with Gasteiger partial charge in [0.05, 0.1) is 25.2 Å². The third-order valence-electron chi connectivity index (χ3n) is 5.50. The van der Waals surface area contributed by atoms with Crippen LogP contribution in [0.3, 0.4) is 0 Å². The molecule has 0 aliphatic heterocycles. The summed E-state index contributed by atoms with van der Waals surface area (Å²) in [4.78, 5) is 30.8. The number of amides is 2. The van der Waals surface area contributed by atoms with Crippen LogP contribution >= 0.6 is 23.1 Å². The van der Waals surface area contributed by atoms with Crippen molar-refractivity contribution < 1.29 is 19.1 Å². The van der Waals surface area contributed by atoms with Gasteiger partial charge in [-0.1, -0.05) is 23.8 Å². The maximum atomic E-state index is 12.9. The highest BCUT2D eigenvalue weighted by molar-refractivity contribution is 8.00. The number of nitrogens with zero attached hydrogens (tertiary/aromatic N) is 1. The van der Waals surface area contributed by atoms with Crippen molar-refractivity contribution in [2.75, 3.05) is 24.9 Å². The third-order valence-corrected chi connectivity index (χ3v) is 7.35. The van der Waals surface area contributed by atoms with Crippen molar-refractivity contribution in [3.05, 3.63) is 83.2 Å². The molecule has 7 nitrogen and oxygen atoms in total. The number of carbonyl (C=O) groups is 2. The first-order valence-corrected chi connectivity index (χ1v) is 13.3. The van der Waals surface area contributed by atoms with E-state index < -0.39 is 0 Å². The fourth-order valence-corrected chi connectivity index (χ4v) is 5.13. The molecule has 2 amide bonds. The molecule has 190 valence electrons. The maximum Gasteiger partial charge on any atom is 0.255 e. The number of methoxy groups -OCH3 is 2. The smallest absolute Gasteiger partial charge is 0.255 e. The molecule has 4 aromatic rings. The van der Waals surface area contributed by atoms with Gasteiger partial charge in [0.2, 0.25) is 5.91 Å². The average Bonchev–Trinajstić information content (AvgIpc) is 3.37. The number of carbonyl (C=O) groups excluding carboxylic acids is 2. The maximum absolute atomic E-state index is 12.9. The highest BCUT2D eigenvalue weighted by Crippen LogP contribution is 2.34. The lowest BCUT2D eigenvalue weighted by Gasteiger charge is -2.12. The molecule has 37 heavy (non-hydrogen) atoms. The van der Waals surface area contributed by atoms with Crippen LogP contribution in [0, 0.1) is 6.92 Å². The molecule has 3 aromatic carbocycles. The van der Waals surface area contributed by atoms with E-state index in [1.807, 2.05) is 73.8 Å². The van der Waals surface area contributed by atoms with Gasteiger partial charge in [0.25, 0.3) is 5.91 Å². The molecule has 1 unspecified atom stereocenters. The quantitative estimate of drug-likeness (QED) is 0.239. The molecule has 1 aromatic heterocycles. The summed E-state index contributed by atoms with van der Waals surface area (Å²) in [6.07, 6.45) is 0. The summed E-state index contributed by atoms with van der Waals surface area (Å²) in [5.41, 5.74) is 3.95. The van der Waals surface area contributed by atoms with Gasteiger partial charge in [0, 0.05) is 27.1 Å². The Morgan fingerprint density at radius 3 is 2.43 bits per heavy atom. The lowest BCUT2D eigenvalue weighted by atomic mass is 10.1. The van der Waals surface area contributed by atoms with Crippen molar-refractivity contribution in [2.24, 2.45) is 0 Å². The zero-order chi connectivity index (χ0) is 26.4. The fraction of sp³-hybridized carbons (Fsp3) is 0.179. The Balaban J connectivity index is 1.37. The number of aromatic nitrogens is 1. The number of benzene rings is 3. The number of anilines is 2. The number of ether oxygens (including phenoxy) is 2. The van der Waals surface area contributed by atoms with E-state index in [-0.39, 0.29) is 17.1 Å². The molecule has 0 saturated heterocycles. The molecule has 4 rings (SSSR count). The number of hydrogen-bond acceptors (Lipinski definition) is 7. The Kier molecular flexibility index (Phi) is 8.47. The highest BCUT2D eigenvalue weighted by atomic mass is 32.2. The zero-order valence-corrected chi connectivity index (χ0v) is 22.5. The van der Waals surface area contributed by atoms with Crippen molar-refractivity contribution in [1.82, 2.24) is 4.98 Å². The minimum absolute atomic E-state index is 0.160. The molecule has 0 fully saturated rings. The molecule has 2 N–H and O–H groups in total. The van der Waals surface area contributed by atoms with Crippen LogP contribution in [0.1, 0.15) is 22.8 Å². The molecular formula is C28H27N3O4S2. The van der Waals surface area contributed by atoms with Crippen LogP contribution < -0.4 is 20.1 Å². The fourth-order valence-electron chi connectivity index (χ4n) is 3.48. The van der Waals surface area contributed by atoms with Crippen LogP contribution in [0.4, 0.5) is 10.8 Å². The minimum Gasteiger partial charge on any atom is -0.493 e. The topological polar surface area (TPSA) is 89.6 Å². The van der Waals surface area contributed by atoms with Gasteiger partial charge >= 0.3 is 0 Å². The largest absolute Gasteiger partial charge is 0.493 e. The molecule has 0 spiro atoms. The summed E-state index contributed by atoms with van der Waals surface area (Å²) in [7, 11) is 3.17. The van der Waals surface area contributed by atoms with Gasteiger partial charge in [0.1, 0.15) is 0 Å². The van der Waals surface area contributed by atoms with Crippen LogP contribution in [0.5, 0.6) is 11.5 Å². The Labute approximate surface area is 224 Å². The lowest BCUT2D eigenvalue weighted by Crippen LogP contribution is -2.22. The van der Waals surface area contributed by atoms with Crippen molar-refractivity contribution in [1.29, 1.82) is 0 Å². The summed E-state index contributed by atoms with van der Waals surface area (Å²) in [6.45, 7) is 3.81. The normalized spacial score (nSPS) is 11.5. The van der Waals surface area contributed by atoms with Crippen molar-refractivity contribution >= 4 is 45.7 Å². The van der Waals surface area contributed by atoms with Gasteiger partial charge in [-0.2, -0.15) is 0 Å². The number of thioether (sulfide) groups is 1. The first-order valence-electron chi connectivity index (χ1n) is 11.5. The van der Waals surface area contributed by atoms with E-state index in [0.717, 1.165) is 21.7 Å². The van der Waals surface area contributed by atoms with Gasteiger partial charge in [-0.3, -0.25) is 9.59 Å². The summed E-state index contributed by atoms with van der Waals surface area (Å²) in [6, 6.07) is 20.4. The van der Waals surface area contributed by atoms with E-state index in [2.05, 4.69) is 15.6 Å². The summed E-state index contributed by atoms with van der Waals surface area (Å²) < 4.78 is 10.7. The molecule has 0 radical (unpaired) electrons. The lowest BCUT2D eigenvalue weighted by molar-refractivity contribution is -0.115. The summed E-state index contributed by atoms with van der Waals surface area (Å²) in [5.74, 6) is 0.912. The van der Waals surface area contributed by atoms with E-state index in [1.165, 1.54) is 23.1 Å². The molecule has 0 aliphatic carbocycles. The molecule has 1 heterocycles. The summed E-state index contributed by atoms with van der Waals surface area (Å²) >= 11 is 2.76. The Morgan fingerprint density at radius 2 is 1.70 bits per heavy atom. The number of hydrogen-bond donors (Lipinski definition) is 2. The van der Waals surface area contributed by atoms with Crippen molar-refractivity contribution in [2.45, 2.75) is 24.0 Å². The summed E-state index contributed by atoms with van der Waals surface area (Å²) in [5, 5.41) is 7.83. The number of nitrogens with one attached hydrogen (secondary N) is 2. The van der Waals surface area contributed by atoms with Gasteiger partial charge in [-0.25, -0.2) is 4.98 Å². The standard InChI is InChI=1S/C28H27N3O4S2/c1-17-8-10-19(11-9-17)27(33)29-21-6-5-7-22(15-21)37-18(2)26(32)31-28-30-23(16-36-28)20-12-13-24(34-3)25(14-20)35-4/h5-16,18H,1-4H3,(H,29,33)(H,30,31,32). The van der Waals surface area contributed by atoms with Crippen LogP contribution in [-0.4, -0.2) is 36.3 Å². The van der Waals surface area contributed by atoms with Gasteiger partial charge in [0.15, 0.2) is 16.6 Å². The van der Waals surface area contributed by atoms with E-state index in [0.29, 0.717) is 27.9 Å². The monoisotopic (exact) mass is 533 g/mol. The van der Waals surface area contributed by atoms with E-state index in [1.54, 1.807) is 26.4 Å². The molecule has 0 aliphatic rings. The second kappa shape index (κ2) is 11.9. The molecule has 1 atom stereocenters. The van der Waals surface area contributed by atoms with Gasteiger partial charge in [-0.15, -0.1) is 23.1 Å². The van der Waals surface area contributed by atoms with E-state index in [4.69, 9.17) is 9.47 Å². The van der Waals surface area contributed by atoms with Crippen LogP contribution in [0.2, 0.25) is 0 Å². The van der Waals surface area contributed by atoms with E-state index in [9.17, 15) is 9.59 Å². The molecule has 0 bridgehead atoms. The van der Waals surface area contributed by atoms with Gasteiger partial charge in [-0.05, 0) is 62.4 Å². The minimum atomic E-state index is -0.378. The zero-order valence-electron chi connectivity index (χ0n) is 20.9. The third kappa shape index (κ3) is 6.69. The second-order valence-electron chi connectivity index (χ2n) is 8.20. The predicted molar refractivity (Wildman–Crippen MR) is 150 cm³/mol. The number of rotatable bonds is 9. The molecule has 9 heteroatoms.